The molecule has 28 heavy (non-hydrogen) atoms. The molecular formula is C26H24O2. The van der Waals surface area contributed by atoms with E-state index in [1.54, 1.807) is 0 Å². The van der Waals surface area contributed by atoms with Crippen LogP contribution < -0.4 is 9.47 Å². The highest BCUT2D eigenvalue weighted by atomic mass is 16.7. The second-order valence-electron chi connectivity index (χ2n) is 7.57. The lowest BCUT2D eigenvalue weighted by Gasteiger charge is -2.40. The summed E-state index contributed by atoms with van der Waals surface area (Å²) in [5, 5.41) is 2.30. The van der Waals surface area contributed by atoms with Crippen LogP contribution in [0, 0.1) is 0 Å². The molecule has 0 bridgehead atoms. The minimum atomic E-state index is -0.862. The first kappa shape index (κ1) is 17.1. The molecule has 0 aromatic heterocycles. The molecule has 0 amide bonds. The molecule has 2 aliphatic rings. The highest BCUT2D eigenvalue weighted by molar-refractivity contribution is 5.92. The Hall–Kier alpha value is -3.00. The van der Waals surface area contributed by atoms with Crippen molar-refractivity contribution in [2.75, 3.05) is 0 Å². The van der Waals surface area contributed by atoms with Gasteiger partial charge in [-0.05, 0) is 36.4 Å². The molecule has 1 atom stereocenters. The number of benzene rings is 3. The van der Waals surface area contributed by atoms with Crippen LogP contribution in [0.1, 0.15) is 43.7 Å². The SMILES string of the molecule is CCCCCC1=Cc2ccccc2OC12C=Cc1ccc3ccccc3c1O2. The molecule has 3 aromatic carbocycles. The van der Waals surface area contributed by atoms with Gasteiger partial charge in [0.1, 0.15) is 11.5 Å². The molecular weight excluding hydrogens is 344 g/mol. The lowest BCUT2D eigenvalue weighted by Crippen LogP contribution is -2.45. The standard InChI is InChI=1S/C26H24O2/c1-2-3-4-11-22-18-21-10-6-8-13-24(21)27-26(22)17-16-20-15-14-19-9-5-7-12-23(19)25(20)28-26/h5-10,12-18H,2-4,11H2,1H3. The van der Waals surface area contributed by atoms with Gasteiger partial charge in [-0.25, -0.2) is 0 Å². The maximum atomic E-state index is 6.70. The van der Waals surface area contributed by atoms with E-state index in [4.69, 9.17) is 9.47 Å². The van der Waals surface area contributed by atoms with Crippen LogP contribution in [0.5, 0.6) is 11.5 Å². The third-order valence-electron chi connectivity index (χ3n) is 5.65. The van der Waals surface area contributed by atoms with Crippen LogP contribution >= 0.6 is 0 Å². The molecule has 1 unspecified atom stereocenters. The van der Waals surface area contributed by atoms with Crippen molar-refractivity contribution < 1.29 is 9.47 Å². The minimum Gasteiger partial charge on any atom is -0.444 e. The van der Waals surface area contributed by atoms with E-state index in [0.717, 1.165) is 40.9 Å². The van der Waals surface area contributed by atoms with E-state index in [-0.39, 0.29) is 0 Å². The fourth-order valence-electron chi connectivity index (χ4n) is 4.14. The summed E-state index contributed by atoms with van der Waals surface area (Å²) in [6.07, 6.45) is 11.0. The fourth-order valence-corrected chi connectivity index (χ4v) is 4.14. The van der Waals surface area contributed by atoms with Gasteiger partial charge in [0.25, 0.3) is 5.79 Å². The predicted octanol–water partition coefficient (Wildman–Crippen LogP) is 7.00. The average Bonchev–Trinajstić information content (AvgIpc) is 2.74. The number of ether oxygens (including phenoxy) is 2. The van der Waals surface area contributed by atoms with Gasteiger partial charge in [0.15, 0.2) is 0 Å². The molecule has 2 aliphatic heterocycles. The lowest BCUT2D eigenvalue weighted by atomic mass is 9.91. The van der Waals surface area contributed by atoms with E-state index in [2.05, 4.69) is 73.7 Å². The van der Waals surface area contributed by atoms with Crippen molar-refractivity contribution in [1.29, 1.82) is 0 Å². The van der Waals surface area contributed by atoms with Gasteiger partial charge in [-0.1, -0.05) is 74.4 Å². The molecule has 1 spiro atoms. The normalized spacial score (nSPS) is 19.5. The van der Waals surface area contributed by atoms with Gasteiger partial charge < -0.3 is 9.47 Å². The highest BCUT2D eigenvalue weighted by Crippen LogP contribution is 2.45. The Morgan fingerprint density at radius 2 is 1.68 bits per heavy atom. The number of fused-ring (bicyclic) bond motifs is 4. The lowest BCUT2D eigenvalue weighted by molar-refractivity contribution is -0.0428. The molecule has 0 aliphatic carbocycles. The van der Waals surface area contributed by atoms with E-state index < -0.39 is 5.79 Å². The van der Waals surface area contributed by atoms with Crippen molar-refractivity contribution in [2.45, 2.75) is 38.4 Å². The zero-order chi connectivity index (χ0) is 19.0. The fraction of sp³-hybridized carbons (Fsp3) is 0.231. The van der Waals surface area contributed by atoms with Gasteiger partial charge in [0.05, 0.1) is 0 Å². The summed E-state index contributed by atoms with van der Waals surface area (Å²) in [6.45, 7) is 2.23. The summed E-state index contributed by atoms with van der Waals surface area (Å²) in [4.78, 5) is 0. The topological polar surface area (TPSA) is 18.5 Å². The van der Waals surface area contributed by atoms with Crippen LogP contribution in [0.2, 0.25) is 0 Å². The zero-order valence-electron chi connectivity index (χ0n) is 16.2. The van der Waals surface area contributed by atoms with E-state index in [9.17, 15) is 0 Å². The molecule has 3 aromatic rings. The molecule has 0 fully saturated rings. The maximum absolute atomic E-state index is 6.70. The zero-order valence-corrected chi connectivity index (χ0v) is 16.2. The van der Waals surface area contributed by atoms with Gasteiger partial charge in [-0.2, -0.15) is 0 Å². The second kappa shape index (κ2) is 6.87. The Morgan fingerprint density at radius 3 is 2.61 bits per heavy atom. The summed E-state index contributed by atoms with van der Waals surface area (Å²) < 4.78 is 13.2. The average molecular weight is 368 g/mol. The molecule has 140 valence electrons. The number of para-hydroxylation sites is 1. The smallest absolute Gasteiger partial charge is 0.294 e. The van der Waals surface area contributed by atoms with E-state index >= 15 is 0 Å². The molecule has 0 saturated carbocycles. The molecule has 2 heteroatoms. The second-order valence-corrected chi connectivity index (χ2v) is 7.57. The van der Waals surface area contributed by atoms with Crippen molar-refractivity contribution in [3.05, 3.63) is 83.4 Å². The van der Waals surface area contributed by atoms with E-state index in [1.807, 2.05) is 12.1 Å². The first-order valence-electron chi connectivity index (χ1n) is 10.2. The molecule has 0 saturated heterocycles. The molecule has 5 rings (SSSR count). The number of hydrogen-bond donors (Lipinski definition) is 0. The number of unbranched alkanes of at least 4 members (excludes halogenated alkanes) is 2. The monoisotopic (exact) mass is 368 g/mol. The quantitative estimate of drug-likeness (QED) is 0.462. The summed E-state index contributed by atoms with van der Waals surface area (Å²) in [7, 11) is 0. The molecule has 0 N–H and O–H groups in total. The Kier molecular flexibility index (Phi) is 4.20. The van der Waals surface area contributed by atoms with Crippen LogP contribution in [0.4, 0.5) is 0 Å². The highest BCUT2D eigenvalue weighted by Gasteiger charge is 2.42. The van der Waals surface area contributed by atoms with Crippen LogP contribution in [-0.2, 0) is 0 Å². The van der Waals surface area contributed by atoms with Crippen molar-refractivity contribution in [1.82, 2.24) is 0 Å². The summed E-state index contributed by atoms with van der Waals surface area (Å²) in [5.41, 5.74) is 3.41. The van der Waals surface area contributed by atoms with Gasteiger partial charge in [-0.15, -0.1) is 0 Å². The van der Waals surface area contributed by atoms with Crippen molar-refractivity contribution >= 4 is 22.9 Å². The first-order chi connectivity index (χ1) is 13.8. The van der Waals surface area contributed by atoms with Gasteiger partial charge in [0, 0.05) is 28.2 Å². The van der Waals surface area contributed by atoms with Crippen LogP contribution in [0.25, 0.3) is 22.9 Å². The Morgan fingerprint density at radius 1 is 0.821 bits per heavy atom. The summed E-state index contributed by atoms with van der Waals surface area (Å²) in [5.74, 6) is 0.913. The predicted molar refractivity (Wildman–Crippen MR) is 116 cm³/mol. The third-order valence-corrected chi connectivity index (χ3v) is 5.65. The molecule has 0 radical (unpaired) electrons. The van der Waals surface area contributed by atoms with Crippen molar-refractivity contribution in [2.24, 2.45) is 0 Å². The summed E-state index contributed by atoms with van der Waals surface area (Å²) in [6, 6.07) is 20.8. The Balaban J connectivity index is 1.61. The number of hydrogen-bond acceptors (Lipinski definition) is 2. The number of rotatable bonds is 4. The van der Waals surface area contributed by atoms with Crippen molar-refractivity contribution in [3.8, 4) is 11.5 Å². The van der Waals surface area contributed by atoms with Crippen LogP contribution in [-0.4, -0.2) is 5.79 Å². The van der Waals surface area contributed by atoms with E-state index in [1.165, 1.54) is 23.8 Å². The van der Waals surface area contributed by atoms with Crippen molar-refractivity contribution in [3.63, 3.8) is 0 Å². The van der Waals surface area contributed by atoms with Crippen LogP contribution in [0.3, 0.4) is 0 Å². The summed E-state index contributed by atoms with van der Waals surface area (Å²) >= 11 is 0. The minimum absolute atomic E-state index is 0.862. The molecule has 2 nitrogen and oxygen atoms in total. The van der Waals surface area contributed by atoms with E-state index in [0.29, 0.717) is 0 Å². The third kappa shape index (κ3) is 2.80. The van der Waals surface area contributed by atoms with Gasteiger partial charge in [-0.3, -0.25) is 0 Å². The van der Waals surface area contributed by atoms with Gasteiger partial charge in [0.2, 0.25) is 0 Å². The van der Waals surface area contributed by atoms with Crippen LogP contribution in [0.15, 0.2) is 72.3 Å². The Bertz CT molecular complexity index is 1090. The largest absolute Gasteiger partial charge is 0.444 e. The Labute approximate surface area is 166 Å². The van der Waals surface area contributed by atoms with Gasteiger partial charge >= 0.3 is 0 Å². The first-order valence-corrected chi connectivity index (χ1v) is 10.2. The molecule has 2 heterocycles. The maximum Gasteiger partial charge on any atom is 0.294 e.